The Morgan fingerprint density at radius 2 is 2.42 bits per heavy atom. The minimum atomic E-state index is 0.920. The van der Waals surface area contributed by atoms with Gasteiger partial charge in [0.15, 0.2) is 0 Å². The topological polar surface area (TPSA) is 38.9 Å². The van der Waals surface area contributed by atoms with Crippen molar-refractivity contribution in [2.24, 2.45) is 0 Å². The van der Waals surface area contributed by atoms with Crippen molar-refractivity contribution in [3.8, 4) is 0 Å². The zero-order valence-electron chi connectivity index (χ0n) is 6.02. The molecule has 0 bridgehead atoms. The van der Waals surface area contributed by atoms with Crippen LogP contribution >= 0.6 is 11.3 Å². The van der Waals surface area contributed by atoms with Gasteiger partial charge in [0.2, 0.25) is 0 Å². The number of thiophene rings is 1. The number of hydrogen-bond donors (Lipinski definition) is 0. The van der Waals surface area contributed by atoms with E-state index < -0.39 is 0 Å². The van der Waals surface area contributed by atoms with Crippen LogP contribution in [0, 0.1) is 0 Å². The lowest BCUT2D eigenvalue weighted by atomic mass is 10.3. The minimum absolute atomic E-state index is 0.920. The fourth-order valence-electron chi connectivity index (χ4n) is 1.24. The number of nitrogens with zero attached hydrogens (tertiary/aromatic N) is 2. The molecule has 3 rings (SSSR count). The molecule has 3 aromatic rings. The van der Waals surface area contributed by atoms with Gasteiger partial charge in [-0.15, -0.1) is 11.3 Å². The zero-order chi connectivity index (χ0) is 7.97. The summed E-state index contributed by atoms with van der Waals surface area (Å²) in [7, 11) is 0. The van der Waals surface area contributed by atoms with Gasteiger partial charge in [-0.1, -0.05) is 5.16 Å². The number of fused-ring (bicyclic) bond motifs is 3. The van der Waals surface area contributed by atoms with Crippen LogP contribution in [0.15, 0.2) is 29.1 Å². The number of rotatable bonds is 0. The fourth-order valence-corrected chi connectivity index (χ4v) is 2.17. The molecule has 3 aromatic heterocycles. The fraction of sp³-hybridized carbons (Fsp3) is 0. The maximum Gasteiger partial charge on any atom is 0.141 e. The van der Waals surface area contributed by atoms with Crippen LogP contribution in [0.25, 0.3) is 20.4 Å². The average molecular weight is 176 g/mol. The molecule has 0 amide bonds. The molecule has 0 N–H and O–H groups in total. The molecule has 0 spiro atoms. The largest absolute Gasteiger partial charge is 0.363 e. The van der Waals surface area contributed by atoms with Crippen LogP contribution in [-0.4, -0.2) is 10.1 Å². The molecule has 0 aliphatic heterocycles. The standard InChI is InChI=1S/C8H4N2OS/c1-2-5-7-6(4-11-10-7)12-8(5)9-3-1/h1-4H. The van der Waals surface area contributed by atoms with Crippen molar-refractivity contribution in [1.29, 1.82) is 0 Å². The Morgan fingerprint density at radius 1 is 1.42 bits per heavy atom. The van der Waals surface area contributed by atoms with Crippen molar-refractivity contribution in [2.75, 3.05) is 0 Å². The van der Waals surface area contributed by atoms with Gasteiger partial charge >= 0.3 is 0 Å². The molecule has 0 aromatic carbocycles. The minimum Gasteiger partial charge on any atom is -0.363 e. The second-order valence-electron chi connectivity index (χ2n) is 2.49. The van der Waals surface area contributed by atoms with Gasteiger partial charge in [0, 0.05) is 11.6 Å². The smallest absolute Gasteiger partial charge is 0.141 e. The molecule has 0 saturated carbocycles. The lowest BCUT2D eigenvalue weighted by Crippen LogP contribution is -1.68. The lowest BCUT2D eigenvalue weighted by molar-refractivity contribution is 0.429. The molecular formula is C8H4N2OS. The van der Waals surface area contributed by atoms with Crippen LogP contribution in [-0.2, 0) is 0 Å². The van der Waals surface area contributed by atoms with Gasteiger partial charge < -0.3 is 4.52 Å². The summed E-state index contributed by atoms with van der Waals surface area (Å²) in [6.07, 6.45) is 3.44. The SMILES string of the molecule is c1cnc2sc3conc3c2c1. The van der Waals surface area contributed by atoms with E-state index >= 15 is 0 Å². The van der Waals surface area contributed by atoms with Gasteiger partial charge in [0.25, 0.3) is 0 Å². The normalized spacial score (nSPS) is 11.3. The van der Waals surface area contributed by atoms with Gasteiger partial charge in [-0.25, -0.2) is 4.98 Å². The van der Waals surface area contributed by atoms with Gasteiger partial charge in [-0.05, 0) is 12.1 Å². The second-order valence-corrected chi connectivity index (χ2v) is 3.52. The molecule has 58 valence electrons. The van der Waals surface area contributed by atoms with Crippen molar-refractivity contribution < 1.29 is 4.52 Å². The van der Waals surface area contributed by atoms with Gasteiger partial charge in [0.05, 0.1) is 4.70 Å². The Morgan fingerprint density at radius 3 is 3.42 bits per heavy atom. The number of aromatic nitrogens is 2. The first kappa shape index (κ1) is 6.14. The van der Waals surface area contributed by atoms with E-state index in [2.05, 4.69) is 10.1 Å². The molecule has 0 fully saturated rings. The van der Waals surface area contributed by atoms with Gasteiger partial charge in [0.1, 0.15) is 16.6 Å². The summed E-state index contributed by atoms with van der Waals surface area (Å²) in [5, 5.41) is 4.98. The van der Waals surface area contributed by atoms with Crippen molar-refractivity contribution in [2.45, 2.75) is 0 Å². The van der Waals surface area contributed by atoms with E-state index in [-0.39, 0.29) is 0 Å². The summed E-state index contributed by atoms with van der Waals surface area (Å²) in [6.45, 7) is 0. The third-order valence-corrected chi connectivity index (χ3v) is 2.80. The third-order valence-electron chi connectivity index (χ3n) is 1.77. The number of hydrogen-bond acceptors (Lipinski definition) is 4. The molecule has 0 saturated heterocycles. The maximum atomic E-state index is 4.85. The summed E-state index contributed by atoms with van der Waals surface area (Å²) in [6, 6.07) is 3.91. The molecule has 0 radical (unpaired) electrons. The molecule has 0 aliphatic carbocycles. The zero-order valence-corrected chi connectivity index (χ0v) is 6.84. The first-order chi connectivity index (χ1) is 5.95. The first-order valence-electron chi connectivity index (χ1n) is 3.53. The predicted molar refractivity (Wildman–Crippen MR) is 47.2 cm³/mol. The van der Waals surface area contributed by atoms with Crippen molar-refractivity contribution in [1.82, 2.24) is 10.1 Å². The van der Waals surface area contributed by atoms with Crippen LogP contribution in [0.1, 0.15) is 0 Å². The van der Waals surface area contributed by atoms with Crippen LogP contribution < -0.4 is 0 Å². The third kappa shape index (κ3) is 0.648. The highest BCUT2D eigenvalue weighted by atomic mass is 32.1. The van der Waals surface area contributed by atoms with Gasteiger partial charge in [-0.3, -0.25) is 0 Å². The monoisotopic (exact) mass is 176 g/mol. The van der Waals surface area contributed by atoms with E-state index in [0.29, 0.717) is 0 Å². The molecule has 0 aliphatic rings. The number of pyridine rings is 1. The predicted octanol–water partition coefficient (Wildman–Crippen LogP) is 2.44. The van der Waals surface area contributed by atoms with Crippen LogP contribution in [0.3, 0.4) is 0 Å². The Kier molecular flexibility index (Phi) is 1.04. The van der Waals surface area contributed by atoms with Gasteiger partial charge in [-0.2, -0.15) is 0 Å². The summed E-state index contributed by atoms with van der Waals surface area (Å²) < 4.78 is 5.90. The van der Waals surface area contributed by atoms with Crippen LogP contribution in [0.4, 0.5) is 0 Å². The van der Waals surface area contributed by atoms with Crippen molar-refractivity contribution in [3.63, 3.8) is 0 Å². The maximum absolute atomic E-state index is 4.85. The van der Waals surface area contributed by atoms with E-state index in [1.54, 1.807) is 23.8 Å². The Hall–Kier alpha value is -1.42. The van der Waals surface area contributed by atoms with Crippen LogP contribution in [0.5, 0.6) is 0 Å². The quantitative estimate of drug-likeness (QED) is 0.528. The molecule has 4 heteroatoms. The molecule has 0 unspecified atom stereocenters. The van der Waals surface area contributed by atoms with E-state index in [9.17, 15) is 0 Å². The van der Waals surface area contributed by atoms with Crippen LogP contribution in [0.2, 0.25) is 0 Å². The highest BCUT2D eigenvalue weighted by Crippen LogP contribution is 2.30. The van der Waals surface area contributed by atoms with Crippen molar-refractivity contribution in [3.05, 3.63) is 24.6 Å². The van der Waals surface area contributed by atoms with E-state index in [1.165, 1.54) is 0 Å². The average Bonchev–Trinajstić information content (AvgIpc) is 2.62. The molecular weight excluding hydrogens is 172 g/mol. The Bertz CT molecular complexity index is 539. The highest BCUT2D eigenvalue weighted by molar-refractivity contribution is 7.25. The molecule has 12 heavy (non-hydrogen) atoms. The van der Waals surface area contributed by atoms with E-state index in [4.69, 9.17) is 4.52 Å². The summed E-state index contributed by atoms with van der Waals surface area (Å²) in [5.74, 6) is 0. The van der Waals surface area contributed by atoms with Crippen molar-refractivity contribution >= 4 is 31.8 Å². The first-order valence-corrected chi connectivity index (χ1v) is 4.34. The summed E-state index contributed by atoms with van der Waals surface area (Å²) in [5.41, 5.74) is 0.920. The molecule has 0 atom stereocenters. The Labute approximate surface area is 71.6 Å². The summed E-state index contributed by atoms with van der Waals surface area (Å²) >= 11 is 1.60. The molecule has 3 heterocycles. The second kappa shape index (κ2) is 2.04. The highest BCUT2D eigenvalue weighted by Gasteiger charge is 2.07. The lowest BCUT2D eigenvalue weighted by Gasteiger charge is -1.83. The summed E-state index contributed by atoms with van der Waals surface area (Å²) in [4.78, 5) is 5.25. The van der Waals surface area contributed by atoms with E-state index in [0.717, 1.165) is 20.4 Å². The Balaban J connectivity index is 2.68. The van der Waals surface area contributed by atoms with E-state index in [1.807, 2.05) is 12.1 Å². The molecule has 3 nitrogen and oxygen atoms in total.